The van der Waals surface area contributed by atoms with Crippen LogP contribution in [-0.4, -0.2) is 24.9 Å². The van der Waals surface area contributed by atoms with Crippen LogP contribution in [0.15, 0.2) is 17.2 Å². The molecule has 0 aliphatic heterocycles. The zero-order valence-electron chi connectivity index (χ0n) is 11.3. The third kappa shape index (κ3) is 2.67. The van der Waals surface area contributed by atoms with E-state index in [2.05, 4.69) is 15.1 Å². The Labute approximate surface area is 111 Å². The zero-order chi connectivity index (χ0) is 14.0. The fourth-order valence-corrected chi connectivity index (χ4v) is 1.84. The van der Waals surface area contributed by atoms with Crippen LogP contribution in [0.25, 0.3) is 11.4 Å². The molecule has 102 valence electrons. The summed E-state index contributed by atoms with van der Waals surface area (Å²) in [6, 6.07) is 0.230. The van der Waals surface area contributed by atoms with Crippen molar-refractivity contribution in [3.05, 3.63) is 28.3 Å². The zero-order valence-corrected chi connectivity index (χ0v) is 11.3. The lowest BCUT2D eigenvalue weighted by molar-refractivity contribution is 0.443. The number of aromatic nitrogens is 4. The van der Waals surface area contributed by atoms with Gasteiger partial charge < -0.3 is 10.1 Å². The monoisotopic (exact) mass is 262 g/mol. The minimum atomic E-state index is -0.290. The Morgan fingerprint density at radius 1 is 1.47 bits per heavy atom. The van der Waals surface area contributed by atoms with Gasteiger partial charge >= 0.3 is 0 Å². The lowest BCUT2D eigenvalue weighted by Crippen LogP contribution is -2.15. The second-order valence-corrected chi connectivity index (χ2v) is 4.77. The number of nitrogens with zero attached hydrogens (tertiary/aromatic N) is 3. The molecule has 0 bridgehead atoms. The van der Waals surface area contributed by atoms with Gasteiger partial charge in [0.2, 0.25) is 5.88 Å². The molecule has 0 amide bonds. The van der Waals surface area contributed by atoms with E-state index in [-0.39, 0.29) is 17.5 Å². The summed E-state index contributed by atoms with van der Waals surface area (Å²) in [4.78, 5) is 18.6. The van der Waals surface area contributed by atoms with E-state index in [1.165, 1.54) is 0 Å². The highest BCUT2D eigenvalue weighted by Gasteiger charge is 2.12. The third-order valence-electron chi connectivity index (χ3n) is 2.90. The van der Waals surface area contributed by atoms with Crippen molar-refractivity contribution < 1.29 is 5.11 Å². The predicted molar refractivity (Wildman–Crippen MR) is 72.1 cm³/mol. The summed E-state index contributed by atoms with van der Waals surface area (Å²) in [5.41, 5.74) is 0.730. The third-order valence-corrected chi connectivity index (χ3v) is 2.90. The molecule has 0 aliphatic carbocycles. The SMILES string of the molecule is CCCc1c(O)nc(-c2cnn(C(C)C)c2)[nH]c1=O. The highest BCUT2D eigenvalue weighted by atomic mass is 16.3. The van der Waals surface area contributed by atoms with Crippen molar-refractivity contribution in [1.29, 1.82) is 0 Å². The molecule has 2 N–H and O–H groups in total. The number of hydrogen-bond donors (Lipinski definition) is 2. The van der Waals surface area contributed by atoms with E-state index in [9.17, 15) is 9.90 Å². The van der Waals surface area contributed by atoms with Crippen molar-refractivity contribution in [1.82, 2.24) is 19.7 Å². The molecule has 6 heteroatoms. The smallest absolute Gasteiger partial charge is 0.258 e. The van der Waals surface area contributed by atoms with Crippen molar-refractivity contribution in [2.75, 3.05) is 0 Å². The molecule has 0 unspecified atom stereocenters. The quantitative estimate of drug-likeness (QED) is 0.881. The van der Waals surface area contributed by atoms with Crippen LogP contribution in [0.4, 0.5) is 0 Å². The molecule has 6 nitrogen and oxygen atoms in total. The minimum absolute atomic E-state index is 0.196. The van der Waals surface area contributed by atoms with E-state index in [4.69, 9.17) is 0 Å². The van der Waals surface area contributed by atoms with Crippen LogP contribution in [0.2, 0.25) is 0 Å². The summed E-state index contributed by atoms with van der Waals surface area (Å²) in [6.07, 6.45) is 4.71. The first-order valence-corrected chi connectivity index (χ1v) is 6.39. The largest absolute Gasteiger partial charge is 0.493 e. The average Bonchev–Trinajstić information content (AvgIpc) is 2.83. The van der Waals surface area contributed by atoms with E-state index >= 15 is 0 Å². The highest BCUT2D eigenvalue weighted by Crippen LogP contribution is 2.19. The molecule has 2 heterocycles. The molecule has 0 saturated carbocycles. The molecule has 2 aromatic rings. The number of rotatable bonds is 4. The molecule has 19 heavy (non-hydrogen) atoms. The molecule has 0 saturated heterocycles. The van der Waals surface area contributed by atoms with Crippen molar-refractivity contribution in [3.63, 3.8) is 0 Å². The van der Waals surface area contributed by atoms with Crippen LogP contribution in [0.5, 0.6) is 5.88 Å². The molecule has 0 fully saturated rings. The molecule has 2 aromatic heterocycles. The number of H-pyrrole nitrogens is 1. The van der Waals surface area contributed by atoms with Gasteiger partial charge in [-0.25, -0.2) is 0 Å². The van der Waals surface area contributed by atoms with Gasteiger partial charge in [0.15, 0.2) is 0 Å². The second kappa shape index (κ2) is 5.26. The summed E-state index contributed by atoms with van der Waals surface area (Å²) in [5.74, 6) is 0.146. The van der Waals surface area contributed by atoms with Gasteiger partial charge in [-0.2, -0.15) is 10.1 Å². The first kappa shape index (κ1) is 13.3. The number of aromatic hydroxyl groups is 1. The van der Waals surface area contributed by atoms with Gasteiger partial charge in [0, 0.05) is 12.2 Å². The molecule has 2 rings (SSSR count). The molecule has 0 radical (unpaired) electrons. The number of aromatic amines is 1. The molecule has 0 aromatic carbocycles. The van der Waals surface area contributed by atoms with Crippen molar-refractivity contribution in [2.45, 2.75) is 39.7 Å². The Kier molecular flexibility index (Phi) is 3.69. The van der Waals surface area contributed by atoms with Crippen LogP contribution in [0.3, 0.4) is 0 Å². The minimum Gasteiger partial charge on any atom is -0.493 e. The molecule has 0 atom stereocenters. The lowest BCUT2D eigenvalue weighted by atomic mass is 10.2. The Bertz CT molecular complexity index is 628. The number of nitrogens with one attached hydrogen (secondary N) is 1. The summed E-state index contributed by atoms with van der Waals surface area (Å²) in [5, 5.41) is 14.0. The van der Waals surface area contributed by atoms with Gasteiger partial charge in [0.25, 0.3) is 5.56 Å². The Morgan fingerprint density at radius 3 is 2.74 bits per heavy atom. The first-order chi connectivity index (χ1) is 9.02. The maximum Gasteiger partial charge on any atom is 0.258 e. The maximum atomic E-state index is 11.9. The first-order valence-electron chi connectivity index (χ1n) is 6.39. The van der Waals surface area contributed by atoms with Gasteiger partial charge in [0.05, 0.1) is 17.3 Å². The van der Waals surface area contributed by atoms with Crippen molar-refractivity contribution in [2.24, 2.45) is 0 Å². The van der Waals surface area contributed by atoms with E-state index in [1.807, 2.05) is 20.8 Å². The van der Waals surface area contributed by atoms with Crippen LogP contribution in [0.1, 0.15) is 38.8 Å². The second-order valence-electron chi connectivity index (χ2n) is 4.77. The van der Waals surface area contributed by atoms with Gasteiger partial charge in [-0.1, -0.05) is 13.3 Å². The Morgan fingerprint density at radius 2 is 2.21 bits per heavy atom. The summed E-state index contributed by atoms with van der Waals surface area (Å²) in [7, 11) is 0. The van der Waals surface area contributed by atoms with Crippen molar-refractivity contribution >= 4 is 0 Å². The van der Waals surface area contributed by atoms with Crippen molar-refractivity contribution in [3.8, 4) is 17.3 Å². The fourth-order valence-electron chi connectivity index (χ4n) is 1.84. The lowest BCUT2D eigenvalue weighted by Gasteiger charge is -2.04. The van der Waals surface area contributed by atoms with E-state index < -0.39 is 0 Å². The van der Waals surface area contributed by atoms with E-state index in [0.29, 0.717) is 23.4 Å². The topological polar surface area (TPSA) is 83.8 Å². The van der Waals surface area contributed by atoms with Gasteiger partial charge in [-0.15, -0.1) is 0 Å². The normalized spacial score (nSPS) is 11.2. The van der Waals surface area contributed by atoms with Crippen LogP contribution >= 0.6 is 0 Å². The molecule has 0 spiro atoms. The molecule has 0 aliphatic rings. The maximum absolute atomic E-state index is 11.9. The van der Waals surface area contributed by atoms with Crippen LogP contribution in [0, 0.1) is 0 Å². The fraction of sp³-hybridized carbons (Fsp3) is 0.462. The predicted octanol–water partition coefficient (Wildman–Crippen LogP) is 1.87. The van der Waals surface area contributed by atoms with Crippen LogP contribution in [-0.2, 0) is 6.42 Å². The standard InChI is InChI=1S/C13H18N4O2/c1-4-5-10-12(18)15-11(16-13(10)19)9-6-14-17(7-9)8(2)3/h6-8H,4-5H2,1-3H3,(H2,15,16,18,19). The van der Waals surface area contributed by atoms with E-state index in [0.717, 1.165) is 6.42 Å². The Hall–Kier alpha value is -2.11. The highest BCUT2D eigenvalue weighted by molar-refractivity contribution is 5.53. The summed E-state index contributed by atoms with van der Waals surface area (Å²) >= 11 is 0. The van der Waals surface area contributed by atoms with E-state index in [1.54, 1.807) is 17.1 Å². The summed E-state index contributed by atoms with van der Waals surface area (Å²) < 4.78 is 1.77. The number of hydrogen-bond acceptors (Lipinski definition) is 4. The molecular weight excluding hydrogens is 244 g/mol. The summed E-state index contributed by atoms with van der Waals surface area (Å²) in [6.45, 7) is 5.96. The van der Waals surface area contributed by atoms with Gasteiger partial charge in [0.1, 0.15) is 5.82 Å². The van der Waals surface area contributed by atoms with Crippen LogP contribution < -0.4 is 5.56 Å². The van der Waals surface area contributed by atoms with Gasteiger partial charge in [-0.05, 0) is 20.3 Å². The molecular formula is C13H18N4O2. The Balaban J connectivity index is 2.43. The average molecular weight is 262 g/mol. The van der Waals surface area contributed by atoms with Gasteiger partial charge in [-0.3, -0.25) is 9.48 Å².